The van der Waals surface area contributed by atoms with E-state index in [1.165, 1.54) is 12.1 Å². The Bertz CT molecular complexity index is 377. The third kappa shape index (κ3) is 2.03. The largest absolute Gasteiger partial charge is 0.545 e. The van der Waals surface area contributed by atoms with Gasteiger partial charge in [0.15, 0.2) is 0 Å². The number of rotatable bonds is 2. The standard InChI is InChI=1S/C7H4BrNO4/c8-6-2-1-4(9(12)13)3-5(6)7(10)11/h1-3H,(H,10,11)/p-1. The molecule has 0 aliphatic heterocycles. The topological polar surface area (TPSA) is 83.3 Å². The van der Waals surface area contributed by atoms with Gasteiger partial charge < -0.3 is 9.90 Å². The summed E-state index contributed by atoms with van der Waals surface area (Å²) in [7, 11) is 0. The number of aromatic carboxylic acids is 1. The highest BCUT2D eigenvalue weighted by atomic mass is 79.9. The first-order chi connectivity index (χ1) is 6.02. The molecule has 1 aromatic carbocycles. The van der Waals surface area contributed by atoms with Gasteiger partial charge in [-0.1, -0.05) is 15.9 Å². The zero-order valence-corrected chi connectivity index (χ0v) is 7.78. The highest BCUT2D eigenvalue weighted by Gasteiger charge is 2.09. The number of non-ortho nitro benzene ring substituents is 1. The van der Waals surface area contributed by atoms with Crippen molar-refractivity contribution in [2.45, 2.75) is 0 Å². The smallest absolute Gasteiger partial charge is 0.270 e. The van der Waals surface area contributed by atoms with Gasteiger partial charge in [0.1, 0.15) is 0 Å². The van der Waals surface area contributed by atoms with E-state index in [0.29, 0.717) is 0 Å². The molecule has 0 amide bonds. The third-order valence-corrected chi connectivity index (χ3v) is 2.07. The van der Waals surface area contributed by atoms with Crippen LogP contribution in [0.2, 0.25) is 0 Å². The lowest BCUT2D eigenvalue weighted by Crippen LogP contribution is -2.22. The second-order valence-corrected chi connectivity index (χ2v) is 3.06. The zero-order chi connectivity index (χ0) is 10.0. The van der Waals surface area contributed by atoms with E-state index in [2.05, 4.69) is 15.9 Å². The molecule has 0 N–H and O–H groups in total. The van der Waals surface area contributed by atoms with E-state index in [9.17, 15) is 20.0 Å². The average molecular weight is 245 g/mol. The second kappa shape index (κ2) is 3.53. The minimum absolute atomic E-state index is 0.228. The third-order valence-electron chi connectivity index (χ3n) is 1.38. The van der Waals surface area contributed by atoms with E-state index in [4.69, 9.17) is 0 Å². The van der Waals surface area contributed by atoms with Crippen LogP contribution in [0.5, 0.6) is 0 Å². The van der Waals surface area contributed by atoms with E-state index >= 15 is 0 Å². The maximum absolute atomic E-state index is 10.4. The van der Waals surface area contributed by atoms with Gasteiger partial charge >= 0.3 is 0 Å². The number of carboxylic acids is 1. The Kier molecular flexibility index (Phi) is 2.62. The Hall–Kier alpha value is -1.43. The molecule has 0 saturated heterocycles. The summed E-state index contributed by atoms with van der Waals surface area (Å²) >= 11 is 2.94. The van der Waals surface area contributed by atoms with Crippen molar-refractivity contribution in [2.75, 3.05) is 0 Å². The second-order valence-electron chi connectivity index (χ2n) is 2.21. The number of carbonyl (C=O) groups is 1. The number of halogens is 1. The molecular formula is C7H3BrNO4-. The van der Waals surface area contributed by atoms with E-state index in [1.54, 1.807) is 0 Å². The Morgan fingerprint density at radius 2 is 2.08 bits per heavy atom. The molecule has 13 heavy (non-hydrogen) atoms. The van der Waals surface area contributed by atoms with Gasteiger partial charge in [-0.25, -0.2) is 0 Å². The highest BCUT2D eigenvalue weighted by molar-refractivity contribution is 9.10. The number of nitro benzene ring substituents is 1. The Morgan fingerprint density at radius 1 is 1.46 bits per heavy atom. The molecule has 0 heterocycles. The van der Waals surface area contributed by atoms with E-state index in [-0.39, 0.29) is 15.7 Å². The maximum atomic E-state index is 10.4. The van der Waals surface area contributed by atoms with Crippen LogP contribution in [-0.4, -0.2) is 10.9 Å². The lowest BCUT2D eigenvalue weighted by atomic mass is 10.2. The fourth-order valence-corrected chi connectivity index (χ4v) is 1.19. The number of nitrogens with zero attached hydrogens (tertiary/aromatic N) is 1. The molecule has 0 atom stereocenters. The molecule has 0 aliphatic carbocycles. The lowest BCUT2D eigenvalue weighted by Gasteiger charge is -2.03. The highest BCUT2D eigenvalue weighted by Crippen LogP contribution is 2.21. The van der Waals surface area contributed by atoms with Crippen molar-refractivity contribution >= 4 is 27.6 Å². The molecule has 0 spiro atoms. The molecule has 0 radical (unpaired) electrons. The van der Waals surface area contributed by atoms with Gasteiger partial charge in [0.05, 0.1) is 10.9 Å². The predicted octanol–water partition coefficient (Wildman–Crippen LogP) is 0.721. The van der Waals surface area contributed by atoms with Crippen LogP contribution in [0.25, 0.3) is 0 Å². The molecule has 0 unspecified atom stereocenters. The number of carboxylic acid groups (broad SMARTS) is 1. The fourth-order valence-electron chi connectivity index (χ4n) is 0.783. The monoisotopic (exact) mass is 244 g/mol. The number of hydrogen-bond donors (Lipinski definition) is 0. The molecule has 0 aliphatic rings. The van der Waals surface area contributed by atoms with Crippen molar-refractivity contribution in [3.8, 4) is 0 Å². The van der Waals surface area contributed by atoms with Crippen molar-refractivity contribution in [1.29, 1.82) is 0 Å². The summed E-state index contributed by atoms with van der Waals surface area (Å²) in [5.74, 6) is -1.45. The first kappa shape index (κ1) is 9.66. The van der Waals surface area contributed by atoms with Crippen molar-refractivity contribution in [3.63, 3.8) is 0 Å². The summed E-state index contributed by atoms with van der Waals surface area (Å²) in [5.41, 5.74) is -0.503. The number of nitro groups is 1. The molecular weight excluding hydrogens is 242 g/mol. The van der Waals surface area contributed by atoms with Crippen molar-refractivity contribution < 1.29 is 14.8 Å². The van der Waals surface area contributed by atoms with Crippen molar-refractivity contribution in [1.82, 2.24) is 0 Å². The Balaban J connectivity index is 3.27. The van der Waals surface area contributed by atoms with Crippen LogP contribution in [0.4, 0.5) is 5.69 Å². The lowest BCUT2D eigenvalue weighted by molar-refractivity contribution is -0.385. The fraction of sp³-hybridized carbons (Fsp3) is 0. The molecule has 0 fully saturated rings. The van der Waals surface area contributed by atoms with Gasteiger partial charge in [0.2, 0.25) is 0 Å². The number of carbonyl (C=O) groups excluding carboxylic acids is 1. The van der Waals surface area contributed by atoms with Crippen LogP contribution in [0.1, 0.15) is 10.4 Å². The summed E-state index contributed by atoms with van der Waals surface area (Å²) in [5, 5.41) is 20.7. The normalized spacial score (nSPS) is 9.62. The molecule has 0 bridgehead atoms. The summed E-state index contributed by atoms with van der Waals surface area (Å²) in [6.07, 6.45) is 0. The quantitative estimate of drug-likeness (QED) is 0.567. The molecule has 68 valence electrons. The minimum atomic E-state index is -1.45. The van der Waals surface area contributed by atoms with Gasteiger partial charge in [-0.3, -0.25) is 10.1 Å². The van der Waals surface area contributed by atoms with Crippen LogP contribution in [0.3, 0.4) is 0 Å². The predicted molar refractivity (Wildman–Crippen MR) is 45.1 cm³/mol. The number of benzene rings is 1. The first-order valence-electron chi connectivity index (χ1n) is 3.17. The summed E-state index contributed by atoms with van der Waals surface area (Å²) in [6.45, 7) is 0. The maximum Gasteiger partial charge on any atom is 0.270 e. The van der Waals surface area contributed by atoms with Crippen LogP contribution >= 0.6 is 15.9 Å². The van der Waals surface area contributed by atoms with E-state index < -0.39 is 10.9 Å². The summed E-state index contributed by atoms with van der Waals surface area (Å²) < 4.78 is 0.262. The SMILES string of the molecule is O=C([O-])c1cc([N+](=O)[O-])ccc1Br. The van der Waals surface area contributed by atoms with E-state index in [0.717, 1.165) is 6.07 Å². The molecule has 1 aromatic rings. The van der Waals surface area contributed by atoms with Gasteiger partial charge in [-0.2, -0.15) is 0 Å². The van der Waals surface area contributed by atoms with Crippen LogP contribution in [0.15, 0.2) is 22.7 Å². The van der Waals surface area contributed by atoms with Crippen LogP contribution in [0, 0.1) is 10.1 Å². The summed E-state index contributed by atoms with van der Waals surface area (Å²) in [4.78, 5) is 20.0. The number of hydrogen-bond acceptors (Lipinski definition) is 4. The first-order valence-corrected chi connectivity index (χ1v) is 3.97. The minimum Gasteiger partial charge on any atom is -0.545 e. The summed E-state index contributed by atoms with van der Waals surface area (Å²) in [6, 6.07) is 3.44. The van der Waals surface area contributed by atoms with Gasteiger partial charge in [0, 0.05) is 22.2 Å². The molecule has 5 nitrogen and oxygen atoms in total. The van der Waals surface area contributed by atoms with Gasteiger partial charge in [-0.15, -0.1) is 0 Å². The van der Waals surface area contributed by atoms with Gasteiger partial charge in [-0.05, 0) is 6.07 Å². The van der Waals surface area contributed by atoms with Gasteiger partial charge in [0.25, 0.3) is 5.69 Å². The molecule has 6 heteroatoms. The van der Waals surface area contributed by atoms with Crippen LogP contribution < -0.4 is 5.11 Å². The molecule has 0 saturated carbocycles. The zero-order valence-electron chi connectivity index (χ0n) is 6.19. The van der Waals surface area contributed by atoms with E-state index in [1.807, 2.05) is 0 Å². The van der Waals surface area contributed by atoms with Crippen LogP contribution in [-0.2, 0) is 0 Å². The molecule has 0 aromatic heterocycles. The Labute approximate surface area is 81.3 Å². The van der Waals surface area contributed by atoms with Crippen molar-refractivity contribution in [2.24, 2.45) is 0 Å². The van der Waals surface area contributed by atoms with Crippen molar-refractivity contribution in [3.05, 3.63) is 38.3 Å². The average Bonchev–Trinajstić information content (AvgIpc) is 2.04. The molecule has 1 rings (SSSR count). The Morgan fingerprint density at radius 3 is 2.54 bits per heavy atom.